The molecule has 0 aliphatic rings. The number of hydrogen-bond acceptors (Lipinski definition) is 1. The van der Waals surface area contributed by atoms with Gasteiger partial charge in [-0.3, -0.25) is 4.79 Å². The van der Waals surface area contributed by atoms with Crippen LogP contribution in [0.3, 0.4) is 0 Å². The molecule has 0 amide bonds. The Hall–Kier alpha value is -0.630. The first-order valence-corrected chi connectivity index (χ1v) is 8.02. The fourth-order valence-corrected chi connectivity index (χ4v) is 2.45. The second kappa shape index (κ2) is 9.32. The smallest absolute Gasteiger partial charge is 0.136 e. The number of hydrogen-bond donors (Lipinski definition) is 0. The van der Waals surface area contributed by atoms with Crippen LogP contribution in [0.5, 0.6) is 0 Å². The molecule has 0 aliphatic heterocycles. The second-order valence-corrected chi connectivity index (χ2v) is 5.58. The Bertz CT molecular complexity index is 334. The number of rotatable bonds is 9. The monoisotopic (exact) mass is 310 g/mol. The summed E-state index contributed by atoms with van der Waals surface area (Å²) >= 11 is 3.39. The molecule has 0 radical (unpaired) electrons. The van der Waals surface area contributed by atoms with Gasteiger partial charge in [-0.05, 0) is 24.8 Å². The summed E-state index contributed by atoms with van der Waals surface area (Å²) in [6.45, 7) is 2.18. The summed E-state index contributed by atoms with van der Waals surface area (Å²) in [5, 5.41) is 0.921. The molecule has 1 aromatic carbocycles. The van der Waals surface area contributed by atoms with Crippen LogP contribution in [0.2, 0.25) is 0 Å². The van der Waals surface area contributed by atoms with E-state index in [9.17, 15) is 4.79 Å². The van der Waals surface area contributed by atoms with E-state index >= 15 is 0 Å². The van der Waals surface area contributed by atoms with Crippen LogP contribution >= 0.6 is 15.9 Å². The van der Waals surface area contributed by atoms with E-state index in [-0.39, 0.29) is 5.92 Å². The molecule has 0 bridgehead atoms. The predicted molar refractivity (Wildman–Crippen MR) is 81.2 cm³/mol. The molecular formula is C16H23BrO. The van der Waals surface area contributed by atoms with E-state index in [2.05, 4.69) is 47.1 Å². The first kappa shape index (κ1) is 15.4. The van der Waals surface area contributed by atoms with Gasteiger partial charge in [0.05, 0.1) is 0 Å². The van der Waals surface area contributed by atoms with Gasteiger partial charge < -0.3 is 0 Å². The Balaban J connectivity index is 2.57. The van der Waals surface area contributed by atoms with Gasteiger partial charge in [-0.15, -0.1) is 0 Å². The maximum atomic E-state index is 12.2. The average Bonchev–Trinajstić information content (AvgIpc) is 2.42. The molecule has 0 spiro atoms. The lowest BCUT2D eigenvalue weighted by molar-refractivity contribution is -0.123. The van der Waals surface area contributed by atoms with Gasteiger partial charge in [0.2, 0.25) is 0 Å². The molecule has 1 nitrogen and oxygen atoms in total. The van der Waals surface area contributed by atoms with Crippen molar-refractivity contribution in [1.82, 2.24) is 0 Å². The van der Waals surface area contributed by atoms with Crippen LogP contribution in [-0.2, 0) is 11.2 Å². The lowest BCUT2D eigenvalue weighted by atomic mass is 9.89. The normalized spacial score (nSPS) is 12.3. The Morgan fingerprint density at radius 1 is 1.22 bits per heavy atom. The molecule has 2 heteroatoms. The van der Waals surface area contributed by atoms with Crippen molar-refractivity contribution in [2.75, 3.05) is 5.33 Å². The van der Waals surface area contributed by atoms with Crippen LogP contribution in [-0.4, -0.2) is 11.1 Å². The number of carbonyl (C=O) groups excluding carboxylic acids is 1. The average molecular weight is 311 g/mol. The highest BCUT2D eigenvalue weighted by Gasteiger charge is 2.17. The van der Waals surface area contributed by atoms with Crippen molar-refractivity contribution in [3.63, 3.8) is 0 Å². The summed E-state index contributed by atoms with van der Waals surface area (Å²) in [6.07, 6.45) is 5.92. The zero-order valence-electron chi connectivity index (χ0n) is 11.2. The second-order valence-electron chi connectivity index (χ2n) is 4.79. The molecule has 1 atom stereocenters. The molecule has 0 aliphatic carbocycles. The van der Waals surface area contributed by atoms with Gasteiger partial charge in [-0.2, -0.15) is 0 Å². The zero-order valence-corrected chi connectivity index (χ0v) is 12.8. The molecule has 0 saturated carbocycles. The van der Waals surface area contributed by atoms with Crippen molar-refractivity contribution in [3.8, 4) is 0 Å². The van der Waals surface area contributed by atoms with Crippen LogP contribution in [0.1, 0.15) is 44.6 Å². The van der Waals surface area contributed by atoms with Gasteiger partial charge >= 0.3 is 0 Å². The molecule has 1 aromatic rings. The lowest BCUT2D eigenvalue weighted by Crippen LogP contribution is -2.17. The third kappa shape index (κ3) is 5.81. The van der Waals surface area contributed by atoms with Crippen LogP contribution in [0.15, 0.2) is 30.3 Å². The molecule has 0 saturated heterocycles. The van der Waals surface area contributed by atoms with E-state index in [1.54, 1.807) is 0 Å². The third-order valence-electron chi connectivity index (χ3n) is 3.24. The van der Waals surface area contributed by atoms with Crippen molar-refractivity contribution in [2.45, 2.75) is 45.4 Å². The lowest BCUT2D eigenvalue weighted by Gasteiger charge is -2.15. The highest BCUT2D eigenvalue weighted by Crippen LogP contribution is 2.18. The molecule has 1 rings (SSSR count). The van der Waals surface area contributed by atoms with E-state index < -0.39 is 0 Å². The Morgan fingerprint density at radius 2 is 1.94 bits per heavy atom. The Labute approximate surface area is 119 Å². The minimum atomic E-state index is 0.214. The zero-order chi connectivity index (χ0) is 13.2. The van der Waals surface area contributed by atoms with E-state index in [1.165, 1.54) is 5.56 Å². The fraction of sp³-hybridized carbons (Fsp3) is 0.562. The molecule has 100 valence electrons. The summed E-state index contributed by atoms with van der Waals surface area (Å²) in [5.74, 6) is 0.651. The number of halogens is 1. The van der Waals surface area contributed by atoms with Crippen molar-refractivity contribution < 1.29 is 4.79 Å². The Morgan fingerprint density at radius 3 is 2.56 bits per heavy atom. The standard InChI is InChI=1S/C16H23BrO/c1-2-3-10-15(16(18)11-7-12-17)13-14-8-5-4-6-9-14/h4-6,8-9,15H,2-3,7,10-13H2,1H3. The van der Waals surface area contributed by atoms with Crippen LogP contribution in [0.4, 0.5) is 0 Å². The molecule has 0 aromatic heterocycles. The van der Waals surface area contributed by atoms with Crippen molar-refractivity contribution in [1.29, 1.82) is 0 Å². The van der Waals surface area contributed by atoms with Crippen LogP contribution in [0.25, 0.3) is 0 Å². The van der Waals surface area contributed by atoms with Gasteiger partial charge in [0.25, 0.3) is 0 Å². The summed E-state index contributed by atoms with van der Waals surface area (Å²) < 4.78 is 0. The fourth-order valence-electron chi connectivity index (χ4n) is 2.17. The minimum Gasteiger partial charge on any atom is -0.299 e. The van der Waals surface area contributed by atoms with E-state index in [0.29, 0.717) is 12.2 Å². The van der Waals surface area contributed by atoms with Gasteiger partial charge in [0.1, 0.15) is 5.78 Å². The van der Waals surface area contributed by atoms with Crippen LogP contribution < -0.4 is 0 Å². The third-order valence-corrected chi connectivity index (χ3v) is 3.80. The molecular weight excluding hydrogens is 288 g/mol. The topological polar surface area (TPSA) is 17.1 Å². The highest BCUT2D eigenvalue weighted by molar-refractivity contribution is 9.09. The summed E-state index contributed by atoms with van der Waals surface area (Å²) in [4.78, 5) is 12.2. The minimum absolute atomic E-state index is 0.214. The van der Waals surface area contributed by atoms with E-state index in [4.69, 9.17) is 0 Å². The maximum absolute atomic E-state index is 12.2. The van der Waals surface area contributed by atoms with E-state index in [1.807, 2.05) is 6.07 Å². The number of alkyl halides is 1. The molecule has 1 unspecified atom stereocenters. The number of carbonyl (C=O) groups is 1. The summed E-state index contributed by atoms with van der Waals surface area (Å²) in [5.41, 5.74) is 1.28. The van der Waals surface area contributed by atoms with Gasteiger partial charge in [0, 0.05) is 17.7 Å². The molecule has 0 fully saturated rings. The van der Waals surface area contributed by atoms with Crippen molar-refractivity contribution in [3.05, 3.63) is 35.9 Å². The SMILES string of the molecule is CCCCC(Cc1ccccc1)C(=O)CCCBr. The quantitative estimate of drug-likeness (QED) is 0.600. The van der Waals surface area contributed by atoms with Gasteiger partial charge in [-0.1, -0.05) is 66.0 Å². The Kier molecular flexibility index (Phi) is 7.99. The van der Waals surface area contributed by atoms with Crippen molar-refractivity contribution in [2.24, 2.45) is 5.92 Å². The molecule has 18 heavy (non-hydrogen) atoms. The number of benzene rings is 1. The molecule has 0 heterocycles. The maximum Gasteiger partial charge on any atom is 0.136 e. The highest BCUT2D eigenvalue weighted by atomic mass is 79.9. The number of Topliss-reactive ketones (excluding diaryl/α,β-unsaturated/α-hetero) is 1. The van der Waals surface area contributed by atoms with E-state index in [0.717, 1.165) is 37.4 Å². The molecule has 0 N–H and O–H groups in total. The van der Waals surface area contributed by atoms with Gasteiger partial charge in [0.15, 0.2) is 0 Å². The van der Waals surface area contributed by atoms with Crippen LogP contribution in [0, 0.1) is 5.92 Å². The summed E-state index contributed by atoms with van der Waals surface area (Å²) in [6, 6.07) is 10.4. The summed E-state index contributed by atoms with van der Waals surface area (Å²) in [7, 11) is 0. The van der Waals surface area contributed by atoms with Crippen molar-refractivity contribution >= 4 is 21.7 Å². The number of ketones is 1. The first-order valence-electron chi connectivity index (χ1n) is 6.90. The predicted octanol–water partition coefficient (Wildman–Crippen LogP) is 4.78. The largest absolute Gasteiger partial charge is 0.299 e. The number of unbranched alkanes of at least 4 members (excludes halogenated alkanes) is 1. The first-order chi connectivity index (χ1) is 8.77. The van der Waals surface area contributed by atoms with Gasteiger partial charge in [-0.25, -0.2) is 0 Å².